The molecule has 23 heavy (non-hydrogen) atoms. The van der Waals surface area contributed by atoms with Gasteiger partial charge in [-0.2, -0.15) is 8.42 Å². The number of carbonyl (C=O) groups excluding carboxylic acids is 1. The van der Waals surface area contributed by atoms with Crippen LogP contribution < -0.4 is 0 Å². The Kier molecular flexibility index (Phi) is 5.35. The Bertz CT molecular complexity index is 676. The number of benzene rings is 1. The third kappa shape index (κ3) is 5.02. The summed E-state index contributed by atoms with van der Waals surface area (Å²) in [5.74, 6) is -3.03. The summed E-state index contributed by atoms with van der Waals surface area (Å²) in [6, 6.07) is 8.23. The number of hydrogen-bond acceptors (Lipinski definition) is 4. The van der Waals surface area contributed by atoms with E-state index in [1.807, 2.05) is 30.3 Å². The summed E-state index contributed by atoms with van der Waals surface area (Å²) >= 11 is 0. The van der Waals surface area contributed by atoms with Gasteiger partial charge in [0.15, 0.2) is 0 Å². The lowest BCUT2D eigenvalue weighted by Crippen LogP contribution is -2.42. The number of nitrogens with zero attached hydrogens (tertiary/aromatic N) is 1. The Morgan fingerprint density at radius 1 is 1.35 bits per heavy atom. The maximum Gasteiger partial charge on any atom is 0.326 e. The number of likely N-dealkylation sites (tertiary alicyclic amines) is 1. The Morgan fingerprint density at radius 2 is 2.00 bits per heavy atom. The molecular formula is C15H18FNO5S. The maximum absolute atomic E-state index is 12.8. The van der Waals surface area contributed by atoms with Crippen LogP contribution in [0.25, 0.3) is 0 Å². The van der Waals surface area contributed by atoms with Crippen molar-refractivity contribution in [1.82, 2.24) is 4.90 Å². The van der Waals surface area contributed by atoms with Gasteiger partial charge in [-0.25, -0.2) is 4.79 Å². The Labute approximate surface area is 134 Å². The molecule has 2 atom stereocenters. The number of carboxylic acids is 1. The van der Waals surface area contributed by atoms with Crippen LogP contribution in [-0.2, 0) is 26.2 Å². The molecule has 1 N–H and O–H groups in total. The normalized spacial score (nSPS) is 19.8. The molecule has 1 aromatic carbocycles. The second-order valence-electron chi connectivity index (χ2n) is 5.70. The van der Waals surface area contributed by atoms with Crippen molar-refractivity contribution in [2.24, 2.45) is 5.92 Å². The van der Waals surface area contributed by atoms with Crippen molar-refractivity contribution in [1.29, 1.82) is 0 Å². The molecule has 0 bridgehead atoms. The van der Waals surface area contributed by atoms with Crippen LogP contribution >= 0.6 is 0 Å². The molecule has 0 saturated carbocycles. The number of aliphatic carboxylic acids is 1. The summed E-state index contributed by atoms with van der Waals surface area (Å²) in [5.41, 5.74) is 0.952. The fourth-order valence-corrected chi connectivity index (χ4v) is 3.65. The minimum absolute atomic E-state index is 0.0479. The molecule has 1 heterocycles. The quantitative estimate of drug-likeness (QED) is 0.752. The van der Waals surface area contributed by atoms with Crippen molar-refractivity contribution >= 4 is 22.1 Å². The average Bonchev–Trinajstić information content (AvgIpc) is 2.78. The number of carbonyl (C=O) groups is 2. The van der Waals surface area contributed by atoms with Gasteiger partial charge in [-0.15, -0.1) is 3.89 Å². The maximum atomic E-state index is 12.8. The molecule has 0 spiro atoms. The predicted octanol–water partition coefficient (Wildman–Crippen LogP) is 1.22. The SMILES string of the molecule is O=C(O)[C@H](CCc1ccccc1)N1CC(CS(=O)(=O)F)CC1=O. The summed E-state index contributed by atoms with van der Waals surface area (Å²) in [7, 11) is -4.68. The van der Waals surface area contributed by atoms with Gasteiger partial charge in [0.25, 0.3) is 0 Å². The number of amides is 1. The predicted molar refractivity (Wildman–Crippen MR) is 80.9 cm³/mol. The van der Waals surface area contributed by atoms with Crippen LogP contribution in [0.5, 0.6) is 0 Å². The smallest absolute Gasteiger partial charge is 0.326 e. The number of hydrogen-bond donors (Lipinski definition) is 1. The van der Waals surface area contributed by atoms with Crippen LogP contribution in [0.2, 0.25) is 0 Å². The van der Waals surface area contributed by atoms with Gasteiger partial charge in [0.2, 0.25) is 5.91 Å². The van der Waals surface area contributed by atoms with Crippen molar-refractivity contribution in [3.8, 4) is 0 Å². The van der Waals surface area contributed by atoms with E-state index in [-0.39, 0.29) is 19.4 Å². The van der Waals surface area contributed by atoms with Crippen LogP contribution in [0.1, 0.15) is 18.4 Å². The molecule has 0 aliphatic carbocycles. The van der Waals surface area contributed by atoms with Gasteiger partial charge in [-0.3, -0.25) is 4.79 Å². The van der Waals surface area contributed by atoms with E-state index in [4.69, 9.17) is 0 Å². The van der Waals surface area contributed by atoms with Gasteiger partial charge in [0, 0.05) is 18.9 Å². The van der Waals surface area contributed by atoms with Crippen LogP contribution in [0.3, 0.4) is 0 Å². The summed E-state index contributed by atoms with van der Waals surface area (Å²) in [6.07, 6.45) is 0.562. The molecule has 1 unspecified atom stereocenters. The number of carboxylic acid groups (broad SMARTS) is 1. The second kappa shape index (κ2) is 7.08. The van der Waals surface area contributed by atoms with E-state index in [0.29, 0.717) is 6.42 Å². The van der Waals surface area contributed by atoms with E-state index >= 15 is 0 Å². The zero-order valence-corrected chi connectivity index (χ0v) is 13.2. The fraction of sp³-hybridized carbons (Fsp3) is 0.467. The molecule has 2 rings (SSSR count). The molecule has 1 aliphatic rings. The van der Waals surface area contributed by atoms with Gasteiger partial charge in [0.05, 0.1) is 5.75 Å². The average molecular weight is 343 g/mol. The van der Waals surface area contributed by atoms with Crippen LogP contribution in [-0.4, -0.2) is 48.6 Å². The molecule has 1 aliphatic heterocycles. The van der Waals surface area contributed by atoms with Gasteiger partial charge in [-0.1, -0.05) is 30.3 Å². The first-order valence-corrected chi connectivity index (χ1v) is 8.80. The Balaban J connectivity index is 2.03. The number of halogens is 1. The molecule has 8 heteroatoms. The van der Waals surface area contributed by atoms with Crippen LogP contribution in [0.15, 0.2) is 30.3 Å². The minimum atomic E-state index is -4.68. The summed E-state index contributed by atoms with van der Waals surface area (Å²) in [4.78, 5) is 24.6. The van der Waals surface area contributed by atoms with Gasteiger partial charge < -0.3 is 10.0 Å². The third-order valence-electron chi connectivity index (χ3n) is 3.88. The topological polar surface area (TPSA) is 91.8 Å². The molecule has 0 aromatic heterocycles. The van der Waals surface area contributed by atoms with E-state index in [1.54, 1.807) is 0 Å². The lowest BCUT2D eigenvalue weighted by molar-refractivity contribution is -0.148. The third-order valence-corrected chi connectivity index (χ3v) is 4.75. The van der Waals surface area contributed by atoms with E-state index in [0.717, 1.165) is 10.5 Å². The Morgan fingerprint density at radius 3 is 2.57 bits per heavy atom. The minimum Gasteiger partial charge on any atom is -0.480 e. The zero-order chi connectivity index (χ0) is 17.0. The summed E-state index contributed by atoms with van der Waals surface area (Å²) in [6.45, 7) is -0.0479. The Hall–Kier alpha value is -1.96. The molecule has 1 aromatic rings. The monoisotopic (exact) mass is 343 g/mol. The fourth-order valence-electron chi connectivity index (χ4n) is 2.86. The lowest BCUT2D eigenvalue weighted by atomic mass is 10.0. The van der Waals surface area contributed by atoms with Crippen molar-refractivity contribution in [3.63, 3.8) is 0 Å². The number of aryl methyl sites for hydroxylation is 1. The van der Waals surface area contributed by atoms with E-state index in [9.17, 15) is 27.0 Å². The van der Waals surface area contributed by atoms with Crippen molar-refractivity contribution in [2.75, 3.05) is 12.3 Å². The van der Waals surface area contributed by atoms with E-state index in [2.05, 4.69) is 0 Å². The van der Waals surface area contributed by atoms with E-state index in [1.165, 1.54) is 0 Å². The van der Waals surface area contributed by atoms with Gasteiger partial charge in [-0.05, 0) is 18.4 Å². The highest BCUT2D eigenvalue weighted by molar-refractivity contribution is 7.86. The summed E-state index contributed by atoms with van der Waals surface area (Å²) < 4.78 is 34.2. The highest BCUT2D eigenvalue weighted by Gasteiger charge is 2.39. The zero-order valence-electron chi connectivity index (χ0n) is 12.4. The molecule has 0 radical (unpaired) electrons. The lowest BCUT2D eigenvalue weighted by Gasteiger charge is -2.24. The second-order valence-corrected chi connectivity index (χ2v) is 7.11. The first-order chi connectivity index (χ1) is 10.8. The number of rotatable bonds is 7. The molecule has 6 nitrogen and oxygen atoms in total. The first-order valence-electron chi connectivity index (χ1n) is 7.25. The standard InChI is InChI=1S/C15H18FNO5S/c16-23(21,22)10-12-8-14(18)17(9-12)13(15(19)20)7-6-11-4-2-1-3-5-11/h1-5,12-13H,6-10H2,(H,19,20)/t12?,13-/m0/s1. The van der Waals surface area contributed by atoms with Gasteiger partial charge in [0.1, 0.15) is 6.04 Å². The highest BCUT2D eigenvalue weighted by Crippen LogP contribution is 2.24. The first kappa shape index (κ1) is 17.4. The van der Waals surface area contributed by atoms with Gasteiger partial charge >= 0.3 is 16.2 Å². The van der Waals surface area contributed by atoms with Crippen molar-refractivity contribution < 1.29 is 27.0 Å². The molecular weight excluding hydrogens is 325 g/mol. The van der Waals surface area contributed by atoms with Crippen molar-refractivity contribution in [3.05, 3.63) is 35.9 Å². The summed E-state index contributed by atoms with van der Waals surface area (Å²) in [5, 5.41) is 9.36. The molecule has 1 saturated heterocycles. The van der Waals surface area contributed by atoms with Crippen LogP contribution in [0.4, 0.5) is 3.89 Å². The largest absolute Gasteiger partial charge is 0.480 e. The van der Waals surface area contributed by atoms with Crippen molar-refractivity contribution in [2.45, 2.75) is 25.3 Å². The molecule has 1 fully saturated rings. The molecule has 1 amide bonds. The van der Waals surface area contributed by atoms with E-state index < -0.39 is 39.8 Å². The molecule has 126 valence electrons. The highest BCUT2D eigenvalue weighted by atomic mass is 32.3. The van der Waals surface area contributed by atoms with Crippen LogP contribution in [0, 0.1) is 5.92 Å².